The van der Waals surface area contributed by atoms with E-state index >= 15 is 0 Å². The Balaban J connectivity index is 2.52. The molecule has 0 radical (unpaired) electrons. The second kappa shape index (κ2) is 8.02. The Morgan fingerprint density at radius 3 is 2.67 bits per heavy atom. The highest BCUT2D eigenvalue weighted by Crippen LogP contribution is 2.18. The molecular formula is C15H19ClO2. The van der Waals surface area contributed by atoms with Gasteiger partial charge in [0.1, 0.15) is 12.4 Å². The van der Waals surface area contributed by atoms with Gasteiger partial charge in [0.05, 0.1) is 18.6 Å². The molecule has 98 valence electrons. The second-order valence-electron chi connectivity index (χ2n) is 4.18. The fourth-order valence-corrected chi connectivity index (χ4v) is 1.53. The van der Waals surface area contributed by atoms with Gasteiger partial charge in [0.2, 0.25) is 0 Å². The van der Waals surface area contributed by atoms with Gasteiger partial charge in [-0.1, -0.05) is 11.8 Å². The Bertz CT molecular complexity index is 430. The zero-order chi connectivity index (χ0) is 13.4. The maximum atomic E-state index is 5.65. The number of benzene rings is 1. The number of halogens is 1. The third kappa shape index (κ3) is 5.44. The molecule has 0 aromatic heterocycles. The van der Waals surface area contributed by atoms with E-state index in [9.17, 15) is 0 Å². The van der Waals surface area contributed by atoms with E-state index in [1.54, 1.807) is 0 Å². The van der Waals surface area contributed by atoms with Gasteiger partial charge < -0.3 is 9.47 Å². The van der Waals surface area contributed by atoms with Crippen molar-refractivity contribution in [3.05, 3.63) is 29.3 Å². The average molecular weight is 267 g/mol. The standard InChI is InChI=1S/C15H19ClO2/c1-12(2)17-9-10-18-15-7-6-14(5-4-8-16)11-13(15)3/h6-7,11-12H,8-10H2,1-3H3. The first-order valence-electron chi connectivity index (χ1n) is 6.03. The Kier molecular flexibility index (Phi) is 6.64. The van der Waals surface area contributed by atoms with Crippen LogP contribution in [-0.2, 0) is 4.74 Å². The molecule has 0 heterocycles. The number of aryl methyl sites for hydroxylation is 1. The molecule has 1 aromatic carbocycles. The molecule has 0 N–H and O–H groups in total. The van der Waals surface area contributed by atoms with Gasteiger partial charge in [0.25, 0.3) is 0 Å². The lowest BCUT2D eigenvalue weighted by atomic mass is 10.1. The number of rotatable bonds is 5. The smallest absolute Gasteiger partial charge is 0.122 e. The Hall–Kier alpha value is -1.17. The fourth-order valence-electron chi connectivity index (χ4n) is 1.46. The molecule has 0 aliphatic heterocycles. The third-order valence-corrected chi connectivity index (χ3v) is 2.40. The molecule has 3 heteroatoms. The van der Waals surface area contributed by atoms with Crippen molar-refractivity contribution in [2.75, 3.05) is 19.1 Å². The largest absolute Gasteiger partial charge is 0.491 e. The van der Waals surface area contributed by atoms with Gasteiger partial charge in [-0.2, -0.15) is 0 Å². The monoisotopic (exact) mass is 266 g/mol. The molecule has 0 aliphatic rings. The zero-order valence-corrected chi connectivity index (χ0v) is 11.9. The lowest BCUT2D eigenvalue weighted by Crippen LogP contribution is -2.11. The summed E-state index contributed by atoms with van der Waals surface area (Å²) in [6, 6.07) is 5.87. The number of hydrogen-bond donors (Lipinski definition) is 0. The molecule has 1 aromatic rings. The van der Waals surface area contributed by atoms with E-state index in [0.717, 1.165) is 16.9 Å². The van der Waals surface area contributed by atoms with Crippen molar-refractivity contribution in [2.45, 2.75) is 26.9 Å². The van der Waals surface area contributed by atoms with Gasteiger partial charge in [-0.15, -0.1) is 11.6 Å². The van der Waals surface area contributed by atoms with E-state index in [1.165, 1.54) is 0 Å². The summed E-state index contributed by atoms with van der Waals surface area (Å²) in [6.45, 7) is 7.19. The van der Waals surface area contributed by atoms with Crippen LogP contribution < -0.4 is 4.74 Å². The van der Waals surface area contributed by atoms with Gasteiger partial charge in [-0.3, -0.25) is 0 Å². The minimum atomic E-state index is 0.239. The van der Waals surface area contributed by atoms with Gasteiger partial charge in [-0.05, 0) is 44.5 Å². The second-order valence-corrected chi connectivity index (χ2v) is 4.45. The molecule has 2 nitrogen and oxygen atoms in total. The molecule has 0 saturated carbocycles. The van der Waals surface area contributed by atoms with Crippen molar-refractivity contribution >= 4 is 11.6 Å². The molecular weight excluding hydrogens is 248 g/mol. The Morgan fingerprint density at radius 2 is 2.06 bits per heavy atom. The normalized spacial score (nSPS) is 10.1. The minimum absolute atomic E-state index is 0.239. The molecule has 0 bridgehead atoms. The first kappa shape index (κ1) is 14.9. The molecule has 0 aliphatic carbocycles. The molecule has 0 atom stereocenters. The van der Waals surface area contributed by atoms with Crippen LogP contribution >= 0.6 is 11.6 Å². The first-order valence-corrected chi connectivity index (χ1v) is 6.57. The maximum absolute atomic E-state index is 5.65. The van der Waals surface area contributed by atoms with E-state index in [1.807, 2.05) is 39.0 Å². The van der Waals surface area contributed by atoms with Crippen LogP contribution in [0.3, 0.4) is 0 Å². The van der Waals surface area contributed by atoms with Crippen LogP contribution in [0.1, 0.15) is 25.0 Å². The van der Waals surface area contributed by atoms with E-state index in [-0.39, 0.29) is 6.10 Å². The third-order valence-electron chi connectivity index (χ3n) is 2.27. The summed E-state index contributed by atoms with van der Waals surface area (Å²) in [5.74, 6) is 7.04. The summed E-state index contributed by atoms with van der Waals surface area (Å²) in [4.78, 5) is 0. The zero-order valence-electron chi connectivity index (χ0n) is 11.1. The maximum Gasteiger partial charge on any atom is 0.122 e. The number of hydrogen-bond acceptors (Lipinski definition) is 2. The predicted molar refractivity (Wildman–Crippen MR) is 75.4 cm³/mol. The highest BCUT2D eigenvalue weighted by atomic mass is 35.5. The Labute approximate surface area is 114 Å². The summed E-state index contributed by atoms with van der Waals surface area (Å²) < 4.78 is 11.1. The van der Waals surface area contributed by atoms with Crippen molar-refractivity contribution in [3.63, 3.8) is 0 Å². The SMILES string of the molecule is Cc1cc(C#CCCl)ccc1OCCOC(C)C. The average Bonchev–Trinajstić information content (AvgIpc) is 2.33. The van der Waals surface area contributed by atoms with Crippen molar-refractivity contribution in [1.29, 1.82) is 0 Å². The summed E-state index contributed by atoms with van der Waals surface area (Å²) >= 11 is 5.52. The summed E-state index contributed by atoms with van der Waals surface area (Å²) in [5, 5.41) is 0. The van der Waals surface area contributed by atoms with Crippen molar-refractivity contribution in [2.24, 2.45) is 0 Å². The van der Waals surface area contributed by atoms with Crippen LogP contribution in [0.15, 0.2) is 18.2 Å². The predicted octanol–water partition coefficient (Wildman–Crippen LogP) is 3.39. The fraction of sp³-hybridized carbons (Fsp3) is 0.467. The molecule has 0 spiro atoms. The van der Waals surface area contributed by atoms with E-state index in [0.29, 0.717) is 19.1 Å². The molecule has 0 fully saturated rings. The highest BCUT2D eigenvalue weighted by Gasteiger charge is 2.00. The van der Waals surface area contributed by atoms with Crippen molar-refractivity contribution < 1.29 is 9.47 Å². The van der Waals surface area contributed by atoms with Gasteiger partial charge in [-0.25, -0.2) is 0 Å². The molecule has 18 heavy (non-hydrogen) atoms. The lowest BCUT2D eigenvalue weighted by molar-refractivity contribution is 0.0551. The van der Waals surface area contributed by atoms with Crippen LogP contribution in [0, 0.1) is 18.8 Å². The topological polar surface area (TPSA) is 18.5 Å². The minimum Gasteiger partial charge on any atom is -0.491 e. The van der Waals surface area contributed by atoms with Crippen LogP contribution in [0.4, 0.5) is 0 Å². The highest BCUT2D eigenvalue weighted by molar-refractivity contribution is 6.19. The van der Waals surface area contributed by atoms with Gasteiger partial charge in [0, 0.05) is 5.56 Å². The Morgan fingerprint density at radius 1 is 1.28 bits per heavy atom. The van der Waals surface area contributed by atoms with Crippen molar-refractivity contribution in [3.8, 4) is 17.6 Å². The van der Waals surface area contributed by atoms with Crippen LogP contribution in [-0.4, -0.2) is 25.2 Å². The summed E-state index contributed by atoms with van der Waals surface area (Å²) in [5.41, 5.74) is 2.03. The van der Waals surface area contributed by atoms with Gasteiger partial charge >= 0.3 is 0 Å². The van der Waals surface area contributed by atoms with Crippen molar-refractivity contribution in [1.82, 2.24) is 0 Å². The van der Waals surface area contributed by atoms with Crippen LogP contribution in [0.2, 0.25) is 0 Å². The van der Waals surface area contributed by atoms with E-state index in [4.69, 9.17) is 21.1 Å². The van der Waals surface area contributed by atoms with E-state index < -0.39 is 0 Å². The first-order chi connectivity index (χ1) is 8.63. The van der Waals surface area contributed by atoms with Gasteiger partial charge in [0.15, 0.2) is 0 Å². The van der Waals surface area contributed by atoms with E-state index in [2.05, 4.69) is 11.8 Å². The summed E-state index contributed by atoms with van der Waals surface area (Å²) in [7, 11) is 0. The molecule has 0 saturated heterocycles. The lowest BCUT2D eigenvalue weighted by Gasteiger charge is -2.11. The van der Waals surface area contributed by atoms with Crippen LogP contribution in [0.5, 0.6) is 5.75 Å². The molecule has 0 amide bonds. The van der Waals surface area contributed by atoms with Crippen LogP contribution in [0.25, 0.3) is 0 Å². The molecule has 1 rings (SSSR count). The number of alkyl halides is 1. The molecule has 0 unspecified atom stereocenters. The summed E-state index contributed by atoms with van der Waals surface area (Å²) in [6.07, 6.45) is 0.239. The quantitative estimate of drug-likeness (QED) is 0.462. The number of ether oxygens (including phenoxy) is 2.